The highest BCUT2D eigenvalue weighted by atomic mass is 35.5. The molecule has 8 nitrogen and oxygen atoms in total. The van der Waals surface area contributed by atoms with Crippen molar-refractivity contribution in [3.05, 3.63) is 64.3 Å². The maximum absolute atomic E-state index is 12.6. The second-order valence-electron chi connectivity index (χ2n) is 6.84. The van der Waals surface area contributed by atoms with Gasteiger partial charge in [0.1, 0.15) is 23.8 Å². The summed E-state index contributed by atoms with van der Waals surface area (Å²) in [6, 6.07) is 8.57. The molecule has 1 N–H and O–H groups in total. The fourth-order valence-electron chi connectivity index (χ4n) is 2.78. The zero-order valence-electron chi connectivity index (χ0n) is 17.2. The molecule has 0 spiro atoms. The molecule has 9 heteroatoms. The quantitative estimate of drug-likeness (QED) is 0.612. The van der Waals surface area contributed by atoms with Gasteiger partial charge in [-0.05, 0) is 49.7 Å². The van der Waals surface area contributed by atoms with Crippen LogP contribution in [0, 0.1) is 6.92 Å². The van der Waals surface area contributed by atoms with Gasteiger partial charge in [-0.2, -0.15) is 5.10 Å². The summed E-state index contributed by atoms with van der Waals surface area (Å²) in [5.74, 6) is 0.511. The molecule has 2 heterocycles. The molecule has 0 saturated carbocycles. The third kappa shape index (κ3) is 4.65. The van der Waals surface area contributed by atoms with Crippen molar-refractivity contribution in [1.82, 2.24) is 14.7 Å². The van der Waals surface area contributed by atoms with Crippen LogP contribution in [0.1, 0.15) is 39.3 Å². The number of ether oxygens (including phenoxy) is 1. The highest BCUT2D eigenvalue weighted by molar-refractivity contribution is 6.31. The first kappa shape index (κ1) is 21.4. The summed E-state index contributed by atoms with van der Waals surface area (Å²) in [7, 11) is 3.28. The van der Waals surface area contributed by atoms with Crippen LogP contribution in [0.5, 0.6) is 5.75 Å². The first-order valence-corrected chi connectivity index (χ1v) is 9.74. The van der Waals surface area contributed by atoms with E-state index in [0.29, 0.717) is 34.5 Å². The van der Waals surface area contributed by atoms with Crippen molar-refractivity contribution in [2.75, 3.05) is 19.4 Å². The molecule has 30 heavy (non-hydrogen) atoms. The van der Waals surface area contributed by atoms with Gasteiger partial charge in [0.05, 0.1) is 11.9 Å². The number of rotatable bonds is 7. The van der Waals surface area contributed by atoms with Crippen LogP contribution in [0.15, 0.2) is 40.9 Å². The van der Waals surface area contributed by atoms with Gasteiger partial charge in [-0.25, -0.2) is 0 Å². The average molecular weight is 431 g/mol. The van der Waals surface area contributed by atoms with E-state index in [1.807, 2.05) is 19.9 Å². The standard InChI is InChI=1S/C21H23ClN4O4/c1-5-26-19(21(28)25(3)4)17(11-23-26)24-20(27)18-9-7-15(30-18)12-29-14-6-8-16(22)13(2)10-14/h6-11H,5,12H2,1-4H3,(H,24,27). The van der Waals surface area contributed by atoms with E-state index in [4.69, 9.17) is 20.8 Å². The van der Waals surface area contributed by atoms with Gasteiger partial charge in [-0.15, -0.1) is 0 Å². The molecule has 0 fully saturated rings. The predicted octanol–water partition coefficient (Wildman–Crippen LogP) is 3.99. The lowest BCUT2D eigenvalue weighted by atomic mass is 10.2. The van der Waals surface area contributed by atoms with Gasteiger partial charge in [0.2, 0.25) is 0 Å². The van der Waals surface area contributed by atoms with Gasteiger partial charge < -0.3 is 19.4 Å². The number of carbonyl (C=O) groups is 2. The van der Waals surface area contributed by atoms with Gasteiger partial charge in [0.25, 0.3) is 11.8 Å². The number of anilines is 1. The number of hydrogen-bond acceptors (Lipinski definition) is 5. The van der Waals surface area contributed by atoms with Crippen molar-refractivity contribution in [2.24, 2.45) is 0 Å². The lowest BCUT2D eigenvalue weighted by Crippen LogP contribution is -2.26. The molecule has 0 aliphatic heterocycles. The molecule has 0 bridgehead atoms. The summed E-state index contributed by atoms with van der Waals surface area (Å²) in [5.41, 5.74) is 1.54. The molecular weight excluding hydrogens is 408 g/mol. The molecule has 0 unspecified atom stereocenters. The Morgan fingerprint density at radius 2 is 2.03 bits per heavy atom. The number of halogens is 1. The third-order valence-electron chi connectivity index (χ3n) is 4.39. The number of amides is 2. The van der Waals surface area contributed by atoms with Crippen LogP contribution in [-0.4, -0.2) is 40.6 Å². The van der Waals surface area contributed by atoms with Crippen LogP contribution in [0.25, 0.3) is 0 Å². The fraction of sp³-hybridized carbons (Fsp3) is 0.286. The molecule has 3 rings (SSSR count). The summed E-state index contributed by atoms with van der Waals surface area (Å²) in [6.07, 6.45) is 1.45. The second kappa shape index (κ2) is 9.04. The molecule has 0 aliphatic carbocycles. The van der Waals surface area contributed by atoms with E-state index in [9.17, 15) is 9.59 Å². The summed E-state index contributed by atoms with van der Waals surface area (Å²) in [4.78, 5) is 26.5. The van der Waals surface area contributed by atoms with E-state index in [1.165, 1.54) is 15.8 Å². The van der Waals surface area contributed by atoms with E-state index in [1.54, 1.807) is 38.4 Å². The first-order valence-electron chi connectivity index (χ1n) is 9.36. The Kier molecular flexibility index (Phi) is 6.47. The Morgan fingerprint density at radius 1 is 1.27 bits per heavy atom. The average Bonchev–Trinajstić information content (AvgIpc) is 3.35. The molecular formula is C21H23ClN4O4. The maximum atomic E-state index is 12.6. The molecule has 2 amide bonds. The number of nitrogens with zero attached hydrogens (tertiary/aromatic N) is 3. The van der Waals surface area contributed by atoms with Gasteiger partial charge in [-0.1, -0.05) is 11.6 Å². The molecule has 0 atom stereocenters. The number of carbonyl (C=O) groups excluding carboxylic acids is 2. The summed E-state index contributed by atoms with van der Waals surface area (Å²) in [6.45, 7) is 4.41. The highest BCUT2D eigenvalue weighted by Gasteiger charge is 2.22. The molecule has 1 aromatic carbocycles. The van der Waals surface area contributed by atoms with Crippen LogP contribution in [0.2, 0.25) is 5.02 Å². The number of nitrogens with one attached hydrogen (secondary N) is 1. The topological polar surface area (TPSA) is 89.6 Å². The summed E-state index contributed by atoms with van der Waals surface area (Å²) in [5, 5.41) is 7.52. The normalized spacial score (nSPS) is 10.7. The number of benzene rings is 1. The van der Waals surface area contributed by atoms with Crippen LogP contribution in [-0.2, 0) is 13.2 Å². The first-order chi connectivity index (χ1) is 14.3. The summed E-state index contributed by atoms with van der Waals surface area (Å²) < 4.78 is 12.8. The van der Waals surface area contributed by atoms with E-state index in [-0.39, 0.29) is 18.3 Å². The second-order valence-corrected chi connectivity index (χ2v) is 7.25. The number of aromatic nitrogens is 2. The van der Waals surface area contributed by atoms with Crippen LogP contribution < -0.4 is 10.1 Å². The lowest BCUT2D eigenvalue weighted by molar-refractivity contribution is 0.0816. The lowest BCUT2D eigenvalue weighted by Gasteiger charge is -2.13. The molecule has 0 saturated heterocycles. The van der Waals surface area contributed by atoms with Gasteiger partial charge in [-0.3, -0.25) is 14.3 Å². The maximum Gasteiger partial charge on any atom is 0.291 e. The van der Waals surface area contributed by atoms with E-state index < -0.39 is 5.91 Å². The number of aryl methyl sites for hydroxylation is 2. The Labute approximate surface area is 179 Å². The fourth-order valence-corrected chi connectivity index (χ4v) is 2.89. The van der Waals surface area contributed by atoms with E-state index in [2.05, 4.69) is 10.4 Å². The van der Waals surface area contributed by atoms with Crippen molar-refractivity contribution >= 4 is 29.1 Å². The zero-order valence-corrected chi connectivity index (χ0v) is 18.0. The van der Waals surface area contributed by atoms with E-state index in [0.717, 1.165) is 5.56 Å². The Balaban J connectivity index is 1.69. The van der Waals surface area contributed by atoms with Gasteiger partial charge >= 0.3 is 0 Å². The van der Waals surface area contributed by atoms with Crippen molar-refractivity contribution in [3.8, 4) is 5.75 Å². The minimum Gasteiger partial charge on any atom is -0.486 e. The Bertz CT molecular complexity index is 1070. The number of furan rings is 1. The van der Waals surface area contributed by atoms with Crippen LogP contribution >= 0.6 is 11.6 Å². The van der Waals surface area contributed by atoms with E-state index >= 15 is 0 Å². The molecule has 3 aromatic rings. The molecule has 0 aliphatic rings. The highest BCUT2D eigenvalue weighted by Crippen LogP contribution is 2.23. The van der Waals surface area contributed by atoms with Gasteiger partial charge in [0, 0.05) is 25.7 Å². The Morgan fingerprint density at radius 3 is 2.70 bits per heavy atom. The SMILES string of the molecule is CCn1ncc(NC(=O)c2ccc(COc3ccc(Cl)c(C)c3)o2)c1C(=O)N(C)C. The van der Waals surface area contributed by atoms with Crippen molar-refractivity contribution in [1.29, 1.82) is 0 Å². The Hall–Kier alpha value is -3.26. The van der Waals surface area contributed by atoms with Crippen LogP contribution in [0.3, 0.4) is 0 Å². The molecule has 2 aromatic heterocycles. The van der Waals surface area contributed by atoms with Gasteiger partial charge in [0.15, 0.2) is 5.76 Å². The zero-order chi connectivity index (χ0) is 21.8. The van der Waals surface area contributed by atoms with Crippen molar-refractivity contribution in [2.45, 2.75) is 27.0 Å². The summed E-state index contributed by atoms with van der Waals surface area (Å²) >= 11 is 6.01. The minimum absolute atomic E-state index is 0.105. The largest absolute Gasteiger partial charge is 0.486 e. The number of hydrogen-bond donors (Lipinski definition) is 1. The van der Waals surface area contributed by atoms with Crippen molar-refractivity contribution < 1.29 is 18.7 Å². The predicted molar refractivity (Wildman–Crippen MR) is 113 cm³/mol. The van der Waals surface area contributed by atoms with Crippen LogP contribution in [0.4, 0.5) is 5.69 Å². The smallest absolute Gasteiger partial charge is 0.291 e. The molecule has 158 valence electrons. The molecule has 0 radical (unpaired) electrons. The monoisotopic (exact) mass is 430 g/mol. The van der Waals surface area contributed by atoms with Crippen molar-refractivity contribution in [3.63, 3.8) is 0 Å². The minimum atomic E-state index is -0.480. The third-order valence-corrected chi connectivity index (χ3v) is 4.82.